The molecular formula is C23H24ClN3O. The van der Waals surface area contributed by atoms with E-state index in [1.54, 1.807) is 0 Å². The largest absolute Gasteiger partial charge is 0.362 e. The Kier molecular flexibility index (Phi) is 5.51. The summed E-state index contributed by atoms with van der Waals surface area (Å²) in [5, 5.41) is 6.64. The number of anilines is 1. The van der Waals surface area contributed by atoms with Gasteiger partial charge in [0.25, 0.3) is 0 Å². The summed E-state index contributed by atoms with van der Waals surface area (Å²) in [6.07, 6.45) is 5.52. The number of rotatable bonds is 4. The average molecular weight is 394 g/mol. The van der Waals surface area contributed by atoms with Gasteiger partial charge < -0.3 is 10.6 Å². The van der Waals surface area contributed by atoms with E-state index >= 15 is 0 Å². The van der Waals surface area contributed by atoms with Gasteiger partial charge in [-0.2, -0.15) is 0 Å². The van der Waals surface area contributed by atoms with Crippen molar-refractivity contribution in [2.45, 2.75) is 19.4 Å². The molecule has 0 saturated carbocycles. The molecule has 0 aliphatic carbocycles. The van der Waals surface area contributed by atoms with E-state index < -0.39 is 0 Å². The summed E-state index contributed by atoms with van der Waals surface area (Å²) >= 11 is 6.41. The van der Waals surface area contributed by atoms with Crippen LogP contribution >= 0.6 is 11.6 Å². The molecule has 5 heteroatoms. The lowest BCUT2D eigenvalue weighted by molar-refractivity contribution is -0.121. The molecule has 2 aliphatic rings. The molecule has 2 aliphatic heterocycles. The van der Waals surface area contributed by atoms with Gasteiger partial charge in [-0.1, -0.05) is 48.5 Å². The van der Waals surface area contributed by atoms with Gasteiger partial charge in [0.05, 0.1) is 10.7 Å². The molecule has 144 valence electrons. The maximum absolute atomic E-state index is 12.8. The fourth-order valence-corrected chi connectivity index (χ4v) is 4.04. The van der Waals surface area contributed by atoms with Gasteiger partial charge >= 0.3 is 0 Å². The highest BCUT2D eigenvalue weighted by molar-refractivity contribution is 6.34. The first-order valence-corrected chi connectivity index (χ1v) is 10.0. The Morgan fingerprint density at radius 1 is 1.21 bits per heavy atom. The number of amides is 1. The molecule has 0 bridgehead atoms. The first-order valence-electron chi connectivity index (χ1n) is 9.63. The number of nitrogens with zero attached hydrogens (tertiary/aromatic N) is 1. The topological polar surface area (TPSA) is 44.4 Å². The minimum atomic E-state index is 0.0197. The lowest BCUT2D eigenvalue weighted by Crippen LogP contribution is -2.37. The highest BCUT2D eigenvalue weighted by Crippen LogP contribution is 2.32. The van der Waals surface area contributed by atoms with Crippen LogP contribution in [0, 0.1) is 5.92 Å². The van der Waals surface area contributed by atoms with E-state index in [1.165, 1.54) is 5.56 Å². The van der Waals surface area contributed by atoms with Crippen molar-refractivity contribution in [3.63, 3.8) is 0 Å². The van der Waals surface area contributed by atoms with Gasteiger partial charge in [-0.15, -0.1) is 0 Å². The zero-order chi connectivity index (χ0) is 19.5. The normalized spacial score (nSPS) is 17.1. The number of hydrogen-bond acceptors (Lipinski definition) is 3. The molecule has 2 heterocycles. The second-order valence-corrected chi connectivity index (χ2v) is 7.81. The summed E-state index contributed by atoms with van der Waals surface area (Å²) in [6.45, 7) is 6.78. The van der Waals surface area contributed by atoms with Gasteiger partial charge in [-0.05, 0) is 55.3 Å². The highest BCUT2D eigenvalue weighted by atomic mass is 35.5. The Bertz CT molecular complexity index is 915. The third kappa shape index (κ3) is 4.13. The van der Waals surface area contributed by atoms with Gasteiger partial charge in [0.1, 0.15) is 0 Å². The number of halogens is 1. The predicted octanol–water partition coefficient (Wildman–Crippen LogP) is 4.74. The Balaban J connectivity index is 1.36. The molecule has 1 fully saturated rings. The van der Waals surface area contributed by atoms with Crippen LogP contribution in [-0.4, -0.2) is 23.9 Å². The average Bonchev–Trinajstić information content (AvgIpc) is 2.71. The summed E-state index contributed by atoms with van der Waals surface area (Å²) in [4.78, 5) is 15.2. The second-order valence-electron chi connectivity index (χ2n) is 7.40. The summed E-state index contributed by atoms with van der Waals surface area (Å²) < 4.78 is 0. The van der Waals surface area contributed by atoms with Crippen LogP contribution in [0.2, 0.25) is 5.02 Å². The van der Waals surface area contributed by atoms with Crippen LogP contribution in [-0.2, 0) is 11.3 Å². The number of fused-ring (bicyclic) bond motifs is 1. The van der Waals surface area contributed by atoms with Crippen molar-refractivity contribution in [3.05, 3.63) is 77.0 Å². The molecule has 2 aromatic rings. The minimum absolute atomic E-state index is 0.0197. The van der Waals surface area contributed by atoms with E-state index in [1.807, 2.05) is 30.5 Å². The first kappa shape index (κ1) is 18.8. The third-order valence-corrected chi connectivity index (χ3v) is 5.76. The molecule has 4 nitrogen and oxygen atoms in total. The third-order valence-electron chi connectivity index (χ3n) is 5.45. The zero-order valence-corrected chi connectivity index (χ0v) is 16.5. The van der Waals surface area contributed by atoms with Crippen LogP contribution in [0.5, 0.6) is 0 Å². The first-order chi connectivity index (χ1) is 13.6. The Hall–Kier alpha value is -2.56. The quantitative estimate of drug-likeness (QED) is 0.788. The molecule has 0 spiro atoms. The summed E-state index contributed by atoms with van der Waals surface area (Å²) in [6, 6.07) is 14.2. The molecule has 1 amide bonds. The van der Waals surface area contributed by atoms with E-state index in [4.69, 9.17) is 11.6 Å². The fourth-order valence-electron chi connectivity index (χ4n) is 3.82. The highest BCUT2D eigenvalue weighted by Gasteiger charge is 2.25. The SMILES string of the molecule is C=C1NC=Cc2cc(NC(=O)C3CCN(Cc4ccccc4)CC3)c(Cl)cc21. The number of hydrogen-bond donors (Lipinski definition) is 2. The van der Waals surface area contributed by atoms with E-state index in [0.717, 1.165) is 49.3 Å². The van der Waals surface area contributed by atoms with Crippen molar-refractivity contribution in [1.29, 1.82) is 0 Å². The van der Waals surface area contributed by atoms with E-state index in [-0.39, 0.29) is 11.8 Å². The van der Waals surface area contributed by atoms with Crippen LogP contribution < -0.4 is 10.6 Å². The molecule has 2 aromatic carbocycles. The van der Waals surface area contributed by atoms with Gasteiger partial charge in [0.15, 0.2) is 0 Å². The van der Waals surface area contributed by atoms with Gasteiger partial charge in [0.2, 0.25) is 5.91 Å². The number of carbonyl (C=O) groups is 1. The Labute approximate surface area is 170 Å². The monoisotopic (exact) mass is 393 g/mol. The van der Waals surface area contributed by atoms with Crippen molar-refractivity contribution in [3.8, 4) is 0 Å². The minimum Gasteiger partial charge on any atom is -0.362 e. The molecule has 0 atom stereocenters. The fraction of sp³-hybridized carbons (Fsp3) is 0.261. The summed E-state index contributed by atoms with van der Waals surface area (Å²) in [5.41, 5.74) is 4.75. The van der Waals surface area contributed by atoms with Crippen LogP contribution in [0.4, 0.5) is 5.69 Å². The van der Waals surface area contributed by atoms with Crippen molar-refractivity contribution in [2.75, 3.05) is 18.4 Å². The Morgan fingerprint density at radius 2 is 1.96 bits per heavy atom. The Morgan fingerprint density at radius 3 is 2.71 bits per heavy atom. The van der Waals surface area contributed by atoms with Crippen LogP contribution in [0.3, 0.4) is 0 Å². The number of nitrogens with one attached hydrogen (secondary N) is 2. The van der Waals surface area contributed by atoms with Crippen LogP contribution in [0.25, 0.3) is 11.8 Å². The second kappa shape index (κ2) is 8.21. The molecule has 0 aromatic heterocycles. The molecule has 28 heavy (non-hydrogen) atoms. The number of piperidine rings is 1. The van der Waals surface area contributed by atoms with Gasteiger partial charge in [-0.25, -0.2) is 0 Å². The lowest BCUT2D eigenvalue weighted by Gasteiger charge is -2.31. The van der Waals surface area contributed by atoms with Gasteiger partial charge in [0, 0.05) is 29.9 Å². The molecule has 2 N–H and O–H groups in total. The van der Waals surface area contributed by atoms with Crippen LogP contribution in [0.15, 0.2) is 55.2 Å². The standard InChI is InChI=1S/C23H24ClN3O/c1-16-20-14-21(24)22(13-19(20)7-10-25-16)26-23(28)18-8-11-27(12-9-18)15-17-5-3-2-4-6-17/h2-7,10,13-14,18,25H,1,8-9,11-12,15H2,(H,26,28). The number of carbonyl (C=O) groups excluding carboxylic acids is 1. The van der Waals surface area contributed by atoms with Crippen LogP contribution in [0.1, 0.15) is 29.5 Å². The molecule has 1 saturated heterocycles. The van der Waals surface area contributed by atoms with Gasteiger partial charge in [-0.3, -0.25) is 9.69 Å². The molecule has 4 rings (SSSR count). The zero-order valence-electron chi connectivity index (χ0n) is 15.7. The smallest absolute Gasteiger partial charge is 0.227 e. The van der Waals surface area contributed by atoms with E-state index in [0.29, 0.717) is 10.7 Å². The van der Waals surface area contributed by atoms with E-state index in [2.05, 4.69) is 46.4 Å². The van der Waals surface area contributed by atoms with Crippen molar-refractivity contribution in [2.24, 2.45) is 5.92 Å². The van der Waals surface area contributed by atoms with E-state index in [9.17, 15) is 4.79 Å². The molecular weight excluding hydrogens is 370 g/mol. The summed E-state index contributed by atoms with van der Waals surface area (Å²) in [7, 11) is 0. The predicted molar refractivity (Wildman–Crippen MR) is 116 cm³/mol. The molecule has 0 radical (unpaired) electrons. The lowest BCUT2D eigenvalue weighted by atomic mass is 9.95. The molecule has 0 unspecified atom stereocenters. The maximum Gasteiger partial charge on any atom is 0.227 e. The van der Waals surface area contributed by atoms with Crippen molar-refractivity contribution >= 4 is 35.0 Å². The number of likely N-dealkylation sites (tertiary alicyclic amines) is 1. The van der Waals surface area contributed by atoms with Crippen molar-refractivity contribution < 1.29 is 4.79 Å². The maximum atomic E-state index is 12.8. The number of benzene rings is 2. The van der Waals surface area contributed by atoms with Crippen molar-refractivity contribution in [1.82, 2.24) is 10.2 Å². The summed E-state index contributed by atoms with van der Waals surface area (Å²) in [5.74, 6) is 0.0734.